The molecule has 7 nitrogen and oxygen atoms in total. The normalized spacial score (nSPS) is 10.1. The van der Waals surface area contributed by atoms with Crippen LogP contribution in [0.15, 0.2) is 24.3 Å². The van der Waals surface area contributed by atoms with Gasteiger partial charge in [0.2, 0.25) is 5.95 Å². The van der Waals surface area contributed by atoms with Gasteiger partial charge < -0.3 is 21.2 Å². The number of nitrogens with zero attached hydrogens (tertiary/aromatic N) is 2. The summed E-state index contributed by atoms with van der Waals surface area (Å²) in [6.45, 7) is 0. The molecule has 0 saturated carbocycles. The molecule has 1 heterocycles. The lowest BCUT2D eigenvalue weighted by Gasteiger charge is -2.10. The first-order valence-corrected chi connectivity index (χ1v) is 5.34. The molecule has 0 aliphatic heterocycles. The van der Waals surface area contributed by atoms with E-state index in [-0.39, 0.29) is 11.6 Å². The number of benzene rings is 1. The molecule has 0 aliphatic rings. The second-order valence-electron chi connectivity index (χ2n) is 3.61. The molecule has 0 aliphatic carbocycles. The van der Waals surface area contributed by atoms with E-state index in [0.29, 0.717) is 17.4 Å². The predicted octanol–water partition coefficient (Wildman–Crippen LogP) is 1.24. The first-order chi connectivity index (χ1) is 9.12. The smallest absolute Gasteiger partial charge is 0.223 e. The molecule has 1 aromatic heterocycles. The summed E-state index contributed by atoms with van der Waals surface area (Å²) in [5.41, 5.74) is 8.06. The van der Waals surface area contributed by atoms with Gasteiger partial charge in [-0.05, 0) is 12.1 Å². The largest absolute Gasteiger partial charge is 0.497 e. The number of nitrogens with one attached hydrogen (secondary N) is 2. The van der Waals surface area contributed by atoms with Gasteiger partial charge in [0.1, 0.15) is 23.2 Å². The van der Waals surface area contributed by atoms with Crippen molar-refractivity contribution in [2.75, 3.05) is 23.6 Å². The molecular weight excluding hydrogens is 251 g/mol. The fourth-order valence-corrected chi connectivity index (χ4v) is 1.47. The van der Waals surface area contributed by atoms with Gasteiger partial charge in [-0.15, -0.1) is 0 Å². The minimum Gasteiger partial charge on any atom is -0.497 e. The molecule has 19 heavy (non-hydrogen) atoms. The van der Waals surface area contributed by atoms with Crippen molar-refractivity contribution in [1.29, 1.82) is 0 Å². The molecule has 0 amide bonds. The molecule has 0 saturated heterocycles. The summed E-state index contributed by atoms with van der Waals surface area (Å²) in [4.78, 5) is 7.75. The Morgan fingerprint density at radius 3 is 2.63 bits per heavy atom. The molecule has 6 N–H and O–H groups in total. The van der Waals surface area contributed by atoms with Crippen molar-refractivity contribution in [2.45, 2.75) is 0 Å². The fraction of sp³-hybridized carbons (Fsp3) is 0.0909. The van der Waals surface area contributed by atoms with Gasteiger partial charge in [-0.1, -0.05) is 0 Å². The van der Waals surface area contributed by atoms with Crippen LogP contribution in [-0.4, -0.2) is 17.1 Å². The molecule has 0 bridgehead atoms. The van der Waals surface area contributed by atoms with E-state index in [9.17, 15) is 4.39 Å². The number of ether oxygens (including phenoxy) is 1. The van der Waals surface area contributed by atoms with Crippen LogP contribution in [0.5, 0.6) is 5.75 Å². The zero-order chi connectivity index (χ0) is 13.8. The molecule has 0 spiro atoms. The van der Waals surface area contributed by atoms with Gasteiger partial charge in [-0.2, -0.15) is 9.97 Å². The van der Waals surface area contributed by atoms with Crippen LogP contribution in [0.25, 0.3) is 0 Å². The van der Waals surface area contributed by atoms with Crippen LogP contribution < -0.4 is 27.1 Å². The molecular formula is C11H13FN6O. The summed E-state index contributed by atoms with van der Waals surface area (Å²) in [6, 6.07) is 5.80. The topological polar surface area (TPSA) is 111 Å². The Morgan fingerprint density at radius 1 is 1.21 bits per heavy atom. The maximum atomic E-state index is 13.6. The highest BCUT2D eigenvalue weighted by Gasteiger charge is 2.07. The average molecular weight is 264 g/mol. The Morgan fingerprint density at radius 2 is 1.95 bits per heavy atom. The summed E-state index contributed by atoms with van der Waals surface area (Å²) < 4.78 is 18.7. The third kappa shape index (κ3) is 2.99. The van der Waals surface area contributed by atoms with Crippen LogP contribution in [0, 0.1) is 5.82 Å². The highest BCUT2D eigenvalue weighted by atomic mass is 19.1. The lowest BCUT2D eigenvalue weighted by Crippen LogP contribution is -2.11. The van der Waals surface area contributed by atoms with Gasteiger partial charge in [-0.25, -0.2) is 10.2 Å². The number of halogens is 1. The van der Waals surface area contributed by atoms with E-state index in [1.165, 1.54) is 31.4 Å². The summed E-state index contributed by atoms with van der Waals surface area (Å²) in [6.07, 6.45) is 0. The number of hydrogen-bond donors (Lipinski definition) is 4. The first-order valence-electron chi connectivity index (χ1n) is 5.34. The summed E-state index contributed by atoms with van der Waals surface area (Å²) in [5, 5.41) is 2.78. The van der Waals surface area contributed by atoms with Crippen molar-refractivity contribution in [3.05, 3.63) is 30.1 Å². The summed E-state index contributed by atoms with van der Waals surface area (Å²) in [5.74, 6) is 5.96. The van der Waals surface area contributed by atoms with Crippen molar-refractivity contribution in [1.82, 2.24) is 9.97 Å². The van der Waals surface area contributed by atoms with E-state index >= 15 is 0 Å². The number of anilines is 4. The molecule has 8 heteroatoms. The van der Waals surface area contributed by atoms with Crippen LogP contribution in [0.4, 0.5) is 27.7 Å². The van der Waals surface area contributed by atoms with Crippen LogP contribution in [0.1, 0.15) is 0 Å². The maximum Gasteiger partial charge on any atom is 0.223 e. The summed E-state index contributed by atoms with van der Waals surface area (Å²) in [7, 11) is 1.50. The third-order valence-corrected chi connectivity index (χ3v) is 2.33. The fourth-order valence-electron chi connectivity index (χ4n) is 1.47. The number of hydrazine groups is 1. The van der Waals surface area contributed by atoms with Gasteiger partial charge >= 0.3 is 0 Å². The number of rotatable bonds is 4. The molecule has 0 fully saturated rings. The average Bonchev–Trinajstić information content (AvgIpc) is 2.40. The predicted molar refractivity (Wildman–Crippen MR) is 70.5 cm³/mol. The number of nitrogens with two attached hydrogens (primary N) is 2. The minimum atomic E-state index is -0.444. The van der Waals surface area contributed by atoms with Gasteiger partial charge in [0, 0.05) is 12.1 Å². The van der Waals surface area contributed by atoms with E-state index < -0.39 is 5.82 Å². The lowest BCUT2D eigenvalue weighted by molar-refractivity contribution is 0.414. The van der Waals surface area contributed by atoms with E-state index in [1.807, 2.05) is 0 Å². The van der Waals surface area contributed by atoms with Crippen LogP contribution in [0.2, 0.25) is 0 Å². The van der Waals surface area contributed by atoms with E-state index in [4.69, 9.17) is 16.3 Å². The Kier molecular flexibility index (Phi) is 3.62. The van der Waals surface area contributed by atoms with Crippen LogP contribution in [-0.2, 0) is 0 Å². The molecule has 0 radical (unpaired) electrons. The Bertz CT molecular complexity index is 591. The number of aromatic nitrogens is 2. The van der Waals surface area contributed by atoms with E-state index in [2.05, 4.69) is 20.7 Å². The van der Waals surface area contributed by atoms with Crippen molar-refractivity contribution in [3.63, 3.8) is 0 Å². The highest BCUT2D eigenvalue weighted by Crippen LogP contribution is 2.24. The lowest BCUT2D eigenvalue weighted by atomic mass is 10.3. The molecule has 0 unspecified atom stereocenters. The Hall–Kier alpha value is -2.61. The zero-order valence-electron chi connectivity index (χ0n) is 10.1. The molecule has 1 aromatic carbocycles. The monoisotopic (exact) mass is 264 g/mol. The van der Waals surface area contributed by atoms with Gasteiger partial charge in [0.05, 0.1) is 12.8 Å². The number of nitrogen functional groups attached to an aromatic ring is 2. The summed E-state index contributed by atoms with van der Waals surface area (Å²) >= 11 is 0. The molecule has 2 aromatic rings. The first kappa shape index (κ1) is 12.8. The van der Waals surface area contributed by atoms with E-state index in [1.54, 1.807) is 0 Å². The third-order valence-electron chi connectivity index (χ3n) is 2.33. The minimum absolute atomic E-state index is 0.0151. The number of hydrogen-bond acceptors (Lipinski definition) is 7. The SMILES string of the molecule is COc1ccc(F)c(Nc2cc(NN)nc(N)n2)c1. The van der Waals surface area contributed by atoms with Crippen LogP contribution in [0.3, 0.4) is 0 Å². The van der Waals surface area contributed by atoms with Crippen LogP contribution >= 0.6 is 0 Å². The second kappa shape index (κ2) is 5.36. The van der Waals surface area contributed by atoms with Crippen molar-refractivity contribution < 1.29 is 9.13 Å². The van der Waals surface area contributed by atoms with E-state index in [0.717, 1.165) is 0 Å². The van der Waals surface area contributed by atoms with Crippen molar-refractivity contribution in [2.24, 2.45) is 5.84 Å². The zero-order valence-corrected chi connectivity index (χ0v) is 10.1. The molecule has 0 atom stereocenters. The quantitative estimate of drug-likeness (QED) is 0.485. The van der Waals surface area contributed by atoms with Gasteiger partial charge in [-0.3, -0.25) is 0 Å². The van der Waals surface area contributed by atoms with Crippen molar-refractivity contribution >= 4 is 23.3 Å². The Labute approximate surface area is 108 Å². The van der Waals surface area contributed by atoms with Crippen molar-refractivity contribution in [3.8, 4) is 5.75 Å². The second-order valence-corrected chi connectivity index (χ2v) is 3.61. The molecule has 2 rings (SSSR count). The maximum absolute atomic E-state index is 13.6. The number of methoxy groups -OCH3 is 1. The highest BCUT2D eigenvalue weighted by molar-refractivity contribution is 5.62. The standard InChI is InChI=1S/C11H13FN6O/c1-19-6-2-3-7(12)8(4-6)15-9-5-10(18-14)17-11(13)16-9/h2-5H,14H2,1H3,(H4,13,15,16,17,18). The van der Waals surface area contributed by atoms with Gasteiger partial charge in [0.25, 0.3) is 0 Å². The van der Waals surface area contributed by atoms with Gasteiger partial charge in [0.15, 0.2) is 0 Å². The molecule has 100 valence electrons. The Balaban J connectivity index is 2.32.